The second kappa shape index (κ2) is 12.2. The Labute approximate surface area is 198 Å². The molecule has 2 aromatic carbocycles. The molecule has 33 heavy (non-hydrogen) atoms. The second-order valence-electron chi connectivity index (χ2n) is 8.98. The van der Waals surface area contributed by atoms with Gasteiger partial charge in [0.1, 0.15) is 5.54 Å². The van der Waals surface area contributed by atoms with Gasteiger partial charge in [0.05, 0.1) is 6.54 Å². The number of hydrogen-bond donors (Lipinski definition) is 2. The number of aliphatic imine (C=N–C) groups is 1. The Hall–Kier alpha value is -3.14. The predicted octanol–water partition coefficient (Wildman–Crippen LogP) is 6.13. The SMILES string of the molecule is C=C(CC(c1ccccc1)c1ccccc1)NC1(C(=O)NC/C(C)=N/C=C\C)CCCCC1. The van der Waals surface area contributed by atoms with Crippen LogP contribution in [0, 0.1) is 0 Å². The van der Waals surface area contributed by atoms with Crippen molar-refractivity contribution in [3.05, 3.63) is 96.3 Å². The Kier molecular flexibility index (Phi) is 9.05. The molecule has 3 rings (SSSR count). The molecule has 174 valence electrons. The van der Waals surface area contributed by atoms with Crippen LogP contribution in [0.4, 0.5) is 0 Å². The first-order chi connectivity index (χ1) is 16.0. The van der Waals surface area contributed by atoms with Gasteiger partial charge in [0.25, 0.3) is 0 Å². The van der Waals surface area contributed by atoms with Gasteiger partial charge < -0.3 is 10.6 Å². The number of allylic oxidation sites excluding steroid dienone is 2. The molecular weight excluding hydrogens is 406 g/mol. The van der Waals surface area contributed by atoms with Crippen LogP contribution in [0.3, 0.4) is 0 Å². The molecule has 0 spiro atoms. The molecule has 1 saturated carbocycles. The fraction of sp³-hybridized carbons (Fsp3) is 0.379. The van der Waals surface area contributed by atoms with E-state index in [-0.39, 0.29) is 11.8 Å². The maximum absolute atomic E-state index is 13.4. The molecule has 1 amide bonds. The highest BCUT2D eigenvalue weighted by molar-refractivity contribution is 5.92. The molecule has 1 fully saturated rings. The van der Waals surface area contributed by atoms with E-state index in [1.165, 1.54) is 17.5 Å². The molecule has 2 aromatic rings. The zero-order chi connectivity index (χ0) is 23.5. The van der Waals surface area contributed by atoms with Crippen LogP contribution >= 0.6 is 0 Å². The van der Waals surface area contributed by atoms with Crippen LogP contribution in [0.25, 0.3) is 0 Å². The molecule has 0 saturated heterocycles. The van der Waals surface area contributed by atoms with Crippen LogP contribution in [0.1, 0.15) is 69.4 Å². The molecule has 0 unspecified atom stereocenters. The highest BCUT2D eigenvalue weighted by atomic mass is 16.2. The van der Waals surface area contributed by atoms with Gasteiger partial charge in [-0.05, 0) is 44.2 Å². The van der Waals surface area contributed by atoms with E-state index in [1.807, 2.05) is 32.1 Å². The quantitative estimate of drug-likeness (QED) is 0.434. The average molecular weight is 444 g/mol. The van der Waals surface area contributed by atoms with Crippen molar-refractivity contribution in [2.24, 2.45) is 4.99 Å². The Morgan fingerprint density at radius 3 is 2.15 bits per heavy atom. The zero-order valence-electron chi connectivity index (χ0n) is 20.0. The largest absolute Gasteiger partial charge is 0.375 e. The van der Waals surface area contributed by atoms with Crippen molar-refractivity contribution in [1.82, 2.24) is 10.6 Å². The van der Waals surface area contributed by atoms with Gasteiger partial charge in [-0.15, -0.1) is 0 Å². The molecule has 0 radical (unpaired) electrons. The first-order valence-corrected chi connectivity index (χ1v) is 12.0. The maximum atomic E-state index is 13.4. The smallest absolute Gasteiger partial charge is 0.245 e. The Morgan fingerprint density at radius 1 is 1.03 bits per heavy atom. The fourth-order valence-corrected chi connectivity index (χ4v) is 4.62. The number of nitrogens with zero attached hydrogens (tertiary/aromatic N) is 1. The molecule has 0 bridgehead atoms. The van der Waals surface area contributed by atoms with E-state index < -0.39 is 5.54 Å². The number of hydrogen-bond acceptors (Lipinski definition) is 3. The van der Waals surface area contributed by atoms with E-state index in [0.717, 1.165) is 43.5 Å². The highest BCUT2D eigenvalue weighted by Gasteiger charge is 2.39. The topological polar surface area (TPSA) is 53.5 Å². The summed E-state index contributed by atoms with van der Waals surface area (Å²) in [6, 6.07) is 21.1. The van der Waals surface area contributed by atoms with Gasteiger partial charge in [-0.1, -0.05) is 92.6 Å². The average Bonchev–Trinajstić information content (AvgIpc) is 2.86. The van der Waals surface area contributed by atoms with Gasteiger partial charge in [-0.3, -0.25) is 9.79 Å². The van der Waals surface area contributed by atoms with E-state index in [1.54, 1.807) is 6.20 Å². The van der Waals surface area contributed by atoms with E-state index >= 15 is 0 Å². The summed E-state index contributed by atoms with van der Waals surface area (Å²) in [7, 11) is 0. The molecular formula is C29H37N3O. The number of benzene rings is 2. The lowest BCUT2D eigenvalue weighted by atomic mass is 9.79. The van der Waals surface area contributed by atoms with Crippen molar-refractivity contribution >= 4 is 11.6 Å². The minimum absolute atomic E-state index is 0.0503. The summed E-state index contributed by atoms with van der Waals surface area (Å²) in [5, 5.41) is 6.73. The first kappa shape index (κ1) is 24.5. The van der Waals surface area contributed by atoms with Crippen molar-refractivity contribution in [2.75, 3.05) is 6.54 Å². The van der Waals surface area contributed by atoms with Gasteiger partial charge >= 0.3 is 0 Å². The molecule has 0 heterocycles. The van der Waals surface area contributed by atoms with Gasteiger partial charge in [0.2, 0.25) is 5.91 Å². The van der Waals surface area contributed by atoms with Gasteiger partial charge in [0.15, 0.2) is 0 Å². The number of carbonyl (C=O) groups is 1. The molecule has 2 N–H and O–H groups in total. The van der Waals surface area contributed by atoms with Crippen molar-refractivity contribution in [3.63, 3.8) is 0 Å². The summed E-state index contributed by atoms with van der Waals surface area (Å²) in [6.07, 6.45) is 9.28. The predicted molar refractivity (Wildman–Crippen MR) is 138 cm³/mol. The molecule has 0 atom stereocenters. The lowest BCUT2D eigenvalue weighted by Crippen LogP contribution is -2.58. The van der Waals surface area contributed by atoms with Crippen molar-refractivity contribution in [3.8, 4) is 0 Å². The van der Waals surface area contributed by atoms with Crippen LogP contribution in [-0.2, 0) is 4.79 Å². The third-order valence-corrected chi connectivity index (χ3v) is 6.36. The monoisotopic (exact) mass is 443 g/mol. The van der Waals surface area contributed by atoms with Crippen LogP contribution in [0.15, 0.2) is 90.2 Å². The van der Waals surface area contributed by atoms with Crippen molar-refractivity contribution in [2.45, 2.75) is 63.8 Å². The summed E-state index contributed by atoms with van der Waals surface area (Å²) < 4.78 is 0. The third kappa shape index (κ3) is 6.92. The Morgan fingerprint density at radius 2 is 1.61 bits per heavy atom. The summed E-state index contributed by atoms with van der Waals surface area (Å²) >= 11 is 0. The summed E-state index contributed by atoms with van der Waals surface area (Å²) in [5.74, 6) is 0.237. The minimum Gasteiger partial charge on any atom is -0.375 e. The first-order valence-electron chi connectivity index (χ1n) is 12.0. The second-order valence-corrected chi connectivity index (χ2v) is 8.98. The standard InChI is InChI=1S/C29H37N3O/c1-4-20-30-24(3)22-31-28(33)29(18-12-7-13-19-29)32-23(2)21-27(25-14-8-5-9-15-25)26-16-10-6-11-17-26/h4-6,8-11,14-17,20,27,32H,2,7,12-13,18-19,21-22H2,1,3H3,(H,31,33)/b20-4-,30-24+. The number of carbonyl (C=O) groups excluding carboxylic acids is 1. The summed E-state index contributed by atoms with van der Waals surface area (Å²) in [6.45, 7) is 8.70. The Bertz CT molecular complexity index is 917. The van der Waals surface area contributed by atoms with Crippen LogP contribution in [-0.4, -0.2) is 23.7 Å². The third-order valence-electron chi connectivity index (χ3n) is 6.36. The maximum Gasteiger partial charge on any atom is 0.245 e. The van der Waals surface area contributed by atoms with Crippen molar-refractivity contribution < 1.29 is 4.79 Å². The fourth-order valence-electron chi connectivity index (χ4n) is 4.62. The molecule has 4 nitrogen and oxygen atoms in total. The lowest BCUT2D eigenvalue weighted by molar-refractivity contribution is -0.128. The van der Waals surface area contributed by atoms with Gasteiger partial charge in [-0.2, -0.15) is 0 Å². The van der Waals surface area contributed by atoms with Crippen LogP contribution in [0.2, 0.25) is 0 Å². The number of nitrogens with one attached hydrogen (secondary N) is 2. The number of amides is 1. The molecule has 0 aromatic heterocycles. The highest BCUT2D eigenvalue weighted by Crippen LogP contribution is 2.33. The van der Waals surface area contributed by atoms with Crippen LogP contribution < -0.4 is 10.6 Å². The number of rotatable bonds is 10. The van der Waals surface area contributed by atoms with Crippen LogP contribution in [0.5, 0.6) is 0 Å². The summed E-state index contributed by atoms with van der Waals surface area (Å²) in [4.78, 5) is 17.7. The normalized spacial score (nSPS) is 16.0. The lowest BCUT2D eigenvalue weighted by Gasteiger charge is -2.38. The molecule has 1 aliphatic carbocycles. The van der Waals surface area contributed by atoms with Gasteiger partial charge in [0, 0.05) is 23.5 Å². The zero-order valence-corrected chi connectivity index (χ0v) is 20.0. The van der Waals surface area contributed by atoms with Gasteiger partial charge in [-0.25, -0.2) is 0 Å². The van der Waals surface area contributed by atoms with E-state index in [4.69, 9.17) is 0 Å². The minimum atomic E-state index is -0.603. The van der Waals surface area contributed by atoms with E-state index in [2.05, 4.69) is 70.7 Å². The molecule has 0 aliphatic heterocycles. The summed E-state index contributed by atoms with van der Waals surface area (Å²) in [5.41, 5.74) is 3.70. The molecule has 4 heteroatoms. The Balaban J connectivity index is 1.75. The van der Waals surface area contributed by atoms with Crippen molar-refractivity contribution in [1.29, 1.82) is 0 Å². The van der Waals surface area contributed by atoms with E-state index in [9.17, 15) is 4.79 Å². The molecule has 1 aliphatic rings. The van der Waals surface area contributed by atoms with E-state index in [0.29, 0.717) is 6.54 Å².